The summed E-state index contributed by atoms with van der Waals surface area (Å²) in [6.45, 7) is 2.30. The lowest BCUT2D eigenvalue weighted by atomic mass is 10.2. The van der Waals surface area contributed by atoms with E-state index in [0.717, 1.165) is 14.9 Å². The number of aryl methyl sites for hydroxylation is 1. The summed E-state index contributed by atoms with van der Waals surface area (Å²) in [6, 6.07) is 12.5. The first-order valence-corrected chi connectivity index (χ1v) is 8.61. The first kappa shape index (κ1) is 17.0. The Labute approximate surface area is 142 Å². The summed E-state index contributed by atoms with van der Waals surface area (Å²) in [7, 11) is 1.70. The summed E-state index contributed by atoms with van der Waals surface area (Å²) in [4.78, 5) is 14.8. The van der Waals surface area contributed by atoms with E-state index in [-0.39, 0.29) is 18.3 Å². The second-order valence-electron chi connectivity index (χ2n) is 5.04. The summed E-state index contributed by atoms with van der Waals surface area (Å²) < 4.78 is 14.6. The minimum absolute atomic E-state index is 0.0180. The second kappa shape index (κ2) is 7.79. The first-order valence-electron chi connectivity index (χ1n) is 6.83. The third kappa shape index (κ3) is 4.58. The molecule has 0 aliphatic heterocycles. The number of halogens is 2. The Morgan fingerprint density at radius 2 is 2.00 bits per heavy atom. The summed E-state index contributed by atoms with van der Waals surface area (Å²) in [5.41, 5.74) is 1.66. The van der Waals surface area contributed by atoms with Gasteiger partial charge in [0.25, 0.3) is 0 Å². The van der Waals surface area contributed by atoms with E-state index in [1.54, 1.807) is 30.1 Å². The van der Waals surface area contributed by atoms with E-state index in [1.165, 1.54) is 17.8 Å². The van der Waals surface area contributed by atoms with Gasteiger partial charge in [-0.25, -0.2) is 4.39 Å². The van der Waals surface area contributed by atoms with Crippen LogP contribution in [0, 0.1) is 12.7 Å². The Hall–Kier alpha value is -1.33. The van der Waals surface area contributed by atoms with Gasteiger partial charge in [-0.1, -0.05) is 34.1 Å². The zero-order chi connectivity index (χ0) is 16.1. The van der Waals surface area contributed by atoms with Gasteiger partial charge in [-0.05, 0) is 36.8 Å². The number of nitrogens with zero attached hydrogens (tertiary/aromatic N) is 1. The second-order valence-corrected chi connectivity index (χ2v) is 6.97. The van der Waals surface area contributed by atoms with Gasteiger partial charge < -0.3 is 4.90 Å². The van der Waals surface area contributed by atoms with Crippen molar-refractivity contribution < 1.29 is 9.18 Å². The molecule has 1 amide bonds. The van der Waals surface area contributed by atoms with Crippen LogP contribution in [-0.2, 0) is 11.3 Å². The Kier molecular flexibility index (Phi) is 6.03. The normalized spacial score (nSPS) is 10.5. The van der Waals surface area contributed by atoms with Gasteiger partial charge in [0.1, 0.15) is 5.82 Å². The number of thioether (sulfide) groups is 1. The smallest absolute Gasteiger partial charge is 0.232 e. The van der Waals surface area contributed by atoms with Crippen LogP contribution in [0.2, 0.25) is 0 Å². The van der Waals surface area contributed by atoms with E-state index in [1.807, 2.05) is 25.1 Å². The van der Waals surface area contributed by atoms with Crippen LogP contribution in [0.15, 0.2) is 51.8 Å². The van der Waals surface area contributed by atoms with Crippen molar-refractivity contribution in [2.45, 2.75) is 18.4 Å². The molecule has 0 atom stereocenters. The van der Waals surface area contributed by atoms with E-state index in [9.17, 15) is 9.18 Å². The van der Waals surface area contributed by atoms with Gasteiger partial charge in [0.05, 0.1) is 5.75 Å². The monoisotopic (exact) mass is 381 g/mol. The molecule has 0 fully saturated rings. The van der Waals surface area contributed by atoms with Crippen molar-refractivity contribution in [2.24, 2.45) is 0 Å². The largest absolute Gasteiger partial charge is 0.341 e. The van der Waals surface area contributed by atoms with Crippen LogP contribution in [0.25, 0.3) is 0 Å². The highest BCUT2D eigenvalue weighted by Crippen LogP contribution is 2.25. The average molecular weight is 382 g/mol. The molecule has 0 heterocycles. The molecule has 0 aliphatic carbocycles. The number of hydrogen-bond donors (Lipinski definition) is 0. The van der Waals surface area contributed by atoms with E-state index >= 15 is 0 Å². The maximum Gasteiger partial charge on any atom is 0.232 e. The molecule has 22 heavy (non-hydrogen) atoms. The molecular weight excluding hydrogens is 365 g/mol. The lowest BCUT2D eigenvalue weighted by molar-refractivity contribution is -0.127. The Bertz CT molecular complexity index is 677. The molecular formula is C17H17BrFNOS. The summed E-state index contributed by atoms with van der Waals surface area (Å²) >= 11 is 4.92. The molecule has 2 aromatic carbocycles. The maximum atomic E-state index is 13.6. The highest BCUT2D eigenvalue weighted by molar-refractivity contribution is 9.10. The van der Waals surface area contributed by atoms with Gasteiger partial charge >= 0.3 is 0 Å². The van der Waals surface area contributed by atoms with Gasteiger partial charge in [0.2, 0.25) is 5.91 Å². The molecule has 0 bridgehead atoms. The summed E-state index contributed by atoms with van der Waals surface area (Å²) in [6.07, 6.45) is 0. The number of hydrogen-bond acceptors (Lipinski definition) is 2. The molecule has 0 unspecified atom stereocenters. The number of carbonyl (C=O) groups is 1. The van der Waals surface area contributed by atoms with E-state index < -0.39 is 0 Å². The molecule has 0 saturated carbocycles. The fourth-order valence-corrected chi connectivity index (χ4v) is 3.42. The first-order chi connectivity index (χ1) is 10.5. The van der Waals surface area contributed by atoms with Crippen LogP contribution in [0.5, 0.6) is 0 Å². The molecule has 0 radical (unpaired) electrons. The van der Waals surface area contributed by atoms with Gasteiger partial charge in [0.15, 0.2) is 0 Å². The molecule has 2 rings (SSSR count). The lowest BCUT2D eigenvalue weighted by Gasteiger charge is -2.17. The number of amides is 1. The summed E-state index contributed by atoms with van der Waals surface area (Å²) in [5.74, 6) is 0.0436. The molecule has 0 saturated heterocycles. The molecule has 5 heteroatoms. The van der Waals surface area contributed by atoms with Crippen LogP contribution < -0.4 is 0 Å². The van der Waals surface area contributed by atoms with Gasteiger partial charge in [0, 0.05) is 28.5 Å². The maximum absolute atomic E-state index is 13.6. The van der Waals surface area contributed by atoms with Gasteiger partial charge in [-0.2, -0.15) is 0 Å². The van der Waals surface area contributed by atoms with Crippen LogP contribution in [0.3, 0.4) is 0 Å². The quantitative estimate of drug-likeness (QED) is 0.702. The Morgan fingerprint density at radius 1 is 1.27 bits per heavy atom. The molecule has 0 N–H and O–H groups in total. The number of rotatable bonds is 5. The zero-order valence-electron chi connectivity index (χ0n) is 12.5. The zero-order valence-corrected chi connectivity index (χ0v) is 14.9. The minimum Gasteiger partial charge on any atom is -0.341 e. The van der Waals surface area contributed by atoms with Crippen molar-refractivity contribution in [3.05, 3.63) is 63.9 Å². The van der Waals surface area contributed by atoms with Crippen molar-refractivity contribution in [3.8, 4) is 0 Å². The Balaban J connectivity index is 1.93. The van der Waals surface area contributed by atoms with Crippen molar-refractivity contribution in [1.82, 2.24) is 4.90 Å². The van der Waals surface area contributed by atoms with Crippen molar-refractivity contribution in [1.29, 1.82) is 0 Å². The molecule has 0 aliphatic rings. The summed E-state index contributed by atoms with van der Waals surface area (Å²) in [5, 5.41) is 0. The lowest BCUT2D eigenvalue weighted by Crippen LogP contribution is -2.28. The third-order valence-electron chi connectivity index (χ3n) is 3.28. The Morgan fingerprint density at radius 3 is 2.68 bits per heavy atom. The molecule has 0 aromatic heterocycles. The van der Waals surface area contributed by atoms with Crippen molar-refractivity contribution in [2.75, 3.05) is 12.8 Å². The fourth-order valence-electron chi connectivity index (χ4n) is 1.99. The fraction of sp³-hybridized carbons (Fsp3) is 0.235. The molecule has 2 nitrogen and oxygen atoms in total. The predicted molar refractivity (Wildman–Crippen MR) is 92.5 cm³/mol. The topological polar surface area (TPSA) is 20.3 Å². The van der Waals surface area contributed by atoms with E-state index in [0.29, 0.717) is 11.3 Å². The van der Waals surface area contributed by atoms with Crippen LogP contribution in [-0.4, -0.2) is 23.6 Å². The highest BCUT2D eigenvalue weighted by atomic mass is 79.9. The third-order valence-corrected chi connectivity index (χ3v) is 4.93. The average Bonchev–Trinajstić information content (AvgIpc) is 2.48. The van der Waals surface area contributed by atoms with Crippen molar-refractivity contribution >= 4 is 33.6 Å². The van der Waals surface area contributed by atoms with Crippen molar-refractivity contribution in [3.63, 3.8) is 0 Å². The molecule has 0 spiro atoms. The molecule has 116 valence electrons. The number of carbonyl (C=O) groups excluding carboxylic acids is 1. The van der Waals surface area contributed by atoms with E-state index in [2.05, 4.69) is 15.9 Å². The van der Waals surface area contributed by atoms with Crippen LogP contribution >= 0.6 is 27.7 Å². The number of benzene rings is 2. The van der Waals surface area contributed by atoms with Crippen LogP contribution in [0.4, 0.5) is 4.39 Å². The molecule has 2 aromatic rings. The van der Waals surface area contributed by atoms with E-state index in [4.69, 9.17) is 0 Å². The highest BCUT2D eigenvalue weighted by Gasteiger charge is 2.12. The van der Waals surface area contributed by atoms with Crippen LogP contribution in [0.1, 0.15) is 11.1 Å². The van der Waals surface area contributed by atoms with Gasteiger partial charge in [-0.3, -0.25) is 4.79 Å². The standard InChI is InChI=1S/C17H17BrFNOS/c1-12-9-14(18)7-8-16(12)22-11-17(21)20(2)10-13-5-3-4-6-15(13)19/h3-9H,10-11H2,1-2H3. The predicted octanol–water partition coefficient (Wildman–Crippen LogP) is 4.65. The minimum atomic E-state index is -0.279. The van der Waals surface area contributed by atoms with Gasteiger partial charge in [-0.15, -0.1) is 11.8 Å². The SMILES string of the molecule is Cc1cc(Br)ccc1SCC(=O)N(C)Cc1ccccc1F.